The maximum Gasteiger partial charge on any atom is 0.380 e. The number of hydrogen-bond donors (Lipinski definition) is 1. The van der Waals surface area contributed by atoms with Crippen LogP contribution in [0.1, 0.15) is 18.6 Å². The van der Waals surface area contributed by atoms with Crippen molar-refractivity contribution in [2.24, 2.45) is 0 Å². The lowest BCUT2D eigenvalue weighted by Gasteiger charge is -2.22. The first kappa shape index (κ1) is 16.7. The van der Waals surface area contributed by atoms with Crippen LogP contribution >= 0.6 is 0 Å². The quantitative estimate of drug-likeness (QED) is 0.666. The first-order valence-electron chi connectivity index (χ1n) is 6.29. The van der Waals surface area contributed by atoms with Gasteiger partial charge in [-0.2, -0.15) is 8.78 Å². The first-order chi connectivity index (χ1) is 9.10. The molecule has 0 amide bonds. The number of rotatable bonds is 5. The second kappa shape index (κ2) is 5.97. The number of pyridine rings is 1. The number of nitrogens with zero attached hydrogens (tertiary/aromatic N) is 1. The number of ether oxygens (including phenoxy) is 1. The van der Waals surface area contributed by atoms with Gasteiger partial charge in [0.15, 0.2) is 6.10 Å². The van der Waals surface area contributed by atoms with Crippen molar-refractivity contribution in [3.05, 3.63) is 24.0 Å². The summed E-state index contributed by atoms with van der Waals surface area (Å²) in [4.78, 5) is 15.1. The van der Waals surface area contributed by atoms with E-state index < -0.39 is 26.1 Å². The molecule has 0 aliphatic carbocycles. The molecule has 1 heterocycles. The Morgan fingerprint density at radius 2 is 2.05 bits per heavy atom. The third-order valence-corrected chi connectivity index (χ3v) is 4.84. The van der Waals surface area contributed by atoms with Gasteiger partial charge in [-0.25, -0.2) is 4.79 Å². The van der Waals surface area contributed by atoms with Crippen molar-refractivity contribution in [1.82, 2.24) is 4.98 Å². The minimum atomic E-state index is -3.99. The lowest BCUT2D eigenvalue weighted by atomic mass is 10.1. The fourth-order valence-electron chi connectivity index (χ4n) is 1.57. The summed E-state index contributed by atoms with van der Waals surface area (Å²) in [5.74, 6) is -5.72. The van der Waals surface area contributed by atoms with Crippen molar-refractivity contribution in [1.29, 1.82) is 0 Å². The van der Waals surface area contributed by atoms with E-state index >= 15 is 0 Å². The highest BCUT2D eigenvalue weighted by Crippen LogP contribution is 2.32. The molecular weight excluding hydrogens is 284 g/mol. The topological polar surface area (TPSA) is 59.4 Å². The second-order valence-electron chi connectivity index (χ2n) is 5.50. The van der Waals surface area contributed by atoms with E-state index in [2.05, 4.69) is 9.72 Å². The minimum absolute atomic E-state index is 0.0806. The van der Waals surface area contributed by atoms with Gasteiger partial charge in [0.2, 0.25) is 0 Å². The van der Waals surface area contributed by atoms with E-state index in [0.717, 1.165) is 11.4 Å². The number of esters is 1. The maximum absolute atomic E-state index is 13.8. The molecule has 20 heavy (non-hydrogen) atoms. The van der Waals surface area contributed by atoms with Crippen molar-refractivity contribution < 1.29 is 23.4 Å². The second-order valence-corrected chi connectivity index (χ2v) is 10.6. The van der Waals surface area contributed by atoms with Crippen LogP contribution in [0.3, 0.4) is 0 Å². The van der Waals surface area contributed by atoms with Crippen molar-refractivity contribution in [3.63, 3.8) is 0 Å². The Kier molecular flexibility index (Phi) is 4.98. The highest BCUT2D eigenvalue weighted by molar-refractivity contribution is 6.88. The van der Waals surface area contributed by atoms with E-state index in [-0.39, 0.29) is 12.2 Å². The van der Waals surface area contributed by atoms with Gasteiger partial charge in [-0.1, -0.05) is 25.7 Å². The van der Waals surface area contributed by atoms with Crippen molar-refractivity contribution in [3.8, 4) is 0 Å². The SMILES string of the molecule is CCOC(=O)C(F)(F)C(O)c1cncc([Si](C)(C)C)c1. The van der Waals surface area contributed by atoms with Crippen LogP contribution in [-0.4, -0.2) is 36.7 Å². The summed E-state index contributed by atoms with van der Waals surface area (Å²) in [6, 6.07) is 1.48. The average molecular weight is 303 g/mol. The highest BCUT2D eigenvalue weighted by atomic mass is 28.3. The molecule has 0 radical (unpaired) electrons. The molecule has 4 nitrogen and oxygen atoms in total. The van der Waals surface area contributed by atoms with Crippen molar-refractivity contribution in [2.45, 2.75) is 38.6 Å². The Morgan fingerprint density at radius 3 is 2.55 bits per heavy atom. The molecular formula is C13H19F2NO3Si. The molecule has 1 aromatic heterocycles. The van der Waals surface area contributed by atoms with Gasteiger partial charge in [-0.3, -0.25) is 4.98 Å². The third kappa shape index (κ3) is 3.60. The van der Waals surface area contributed by atoms with Crippen LogP contribution in [-0.2, 0) is 9.53 Å². The summed E-state index contributed by atoms with van der Waals surface area (Å²) in [6.07, 6.45) is 0.484. The molecule has 0 saturated heterocycles. The normalized spacial score (nSPS) is 13.9. The van der Waals surface area contributed by atoms with Gasteiger partial charge in [0.25, 0.3) is 0 Å². The largest absolute Gasteiger partial charge is 0.461 e. The Bertz CT molecular complexity index is 489. The number of hydrogen-bond acceptors (Lipinski definition) is 4. The molecule has 112 valence electrons. The lowest BCUT2D eigenvalue weighted by Crippen LogP contribution is -2.40. The number of aliphatic hydroxyl groups is 1. The van der Waals surface area contributed by atoms with Crippen LogP contribution in [0.25, 0.3) is 0 Å². The molecule has 7 heteroatoms. The third-order valence-electron chi connectivity index (χ3n) is 2.83. The standard InChI is InChI=1S/C13H19F2NO3Si/c1-5-19-12(18)13(14,15)11(17)9-6-10(8-16-7-9)20(2,3)4/h6-8,11,17H,5H2,1-4H3. The number of aliphatic hydroxyl groups excluding tert-OH is 1. The van der Waals surface area contributed by atoms with Gasteiger partial charge in [-0.05, 0) is 12.1 Å². The van der Waals surface area contributed by atoms with E-state index in [1.807, 2.05) is 19.6 Å². The number of halogens is 2. The molecule has 1 aromatic rings. The molecule has 1 atom stereocenters. The Morgan fingerprint density at radius 1 is 1.45 bits per heavy atom. The van der Waals surface area contributed by atoms with Gasteiger partial charge in [0.1, 0.15) is 0 Å². The van der Waals surface area contributed by atoms with E-state index in [1.54, 1.807) is 6.20 Å². The van der Waals surface area contributed by atoms with Crippen LogP contribution < -0.4 is 5.19 Å². The molecule has 1 N–H and O–H groups in total. The van der Waals surface area contributed by atoms with E-state index in [0.29, 0.717) is 0 Å². The fraction of sp³-hybridized carbons (Fsp3) is 0.538. The fourth-order valence-corrected chi connectivity index (χ4v) is 2.63. The van der Waals surface area contributed by atoms with Gasteiger partial charge in [0, 0.05) is 18.0 Å². The molecule has 0 aromatic carbocycles. The van der Waals surface area contributed by atoms with Crippen LogP contribution in [0.15, 0.2) is 18.5 Å². The van der Waals surface area contributed by atoms with Gasteiger partial charge in [-0.15, -0.1) is 0 Å². The molecule has 0 fully saturated rings. The molecule has 0 aliphatic heterocycles. The van der Waals surface area contributed by atoms with Crippen LogP contribution in [0, 0.1) is 0 Å². The smallest absolute Gasteiger partial charge is 0.380 e. The monoisotopic (exact) mass is 303 g/mol. The summed E-state index contributed by atoms with van der Waals surface area (Å²) in [7, 11) is -1.75. The number of alkyl halides is 2. The van der Waals surface area contributed by atoms with E-state index in [4.69, 9.17) is 0 Å². The molecule has 0 spiro atoms. The number of aromatic nitrogens is 1. The molecule has 1 unspecified atom stereocenters. The summed E-state index contributed by atoms with van der Waals surface area (Å²) >= 11 is 0. The lowest BCUT2D eigenvalue weighted by molar-refractivity contribution is -0.189. The number of carbonyl (C=O) groups is 1. The predicted octanol–water partition coefficient (Wildman–Crippen LogP) is 1.86. The van der Waals surface area contributed by atoms with Crippen LogP contribution in [0.5, 0.6) is 0 Å². The maximum atomic E-state index is 13.8. The summed E-state index contributed by atoms with van der Waals surface area (Å²) in [5.41, 5.74) is -0.0806. The molecule has 0 aliphatic rings. The Hall–Kier alpha value is -1.34. The zero-order chi connectivity index (χ0) is 15.6. The minimum Gasteiger partial charge on any atom is -0.461 e. The summed E-state index contributed by atoms with van der Waals surface area (Å²) in [6.45, 7) is 7.35. The number of carbonyl (C=O) groups excluding carboxylic acids is 1. The summed E-state index contributed by atoms with van der Waals surface area (Å²) < 4.78 is 31.8. The van der Waals surface area contributed by atoms with E-state index in [9.17, 15) is 18.7 Å². The van der Waals surface area contributed by atoms with Crippen LogP contribution in [0.4, 0.5) is 8.78 Å². The molecule has 0 bridgehead atoms. The van der Waals surface area contributed by atoms with E-state index in [1.165, 1.54) is 13.0 Å². The highest BCUT2D eigenvalue weighted by Gasteiger charge is 2.49. The predicted molar refractivity (Wildman–Crippen MR) is 73.8 cm³/mol. The van der Waals surface area contributed by atoms with Crippen molar-refractivity contribution in [2.75, 3.05) is 6.61 Å². The zero-order valence-corrected chi connectivity index (χ0v) is 13.0. The molecule has 0 saturated carbocycles. The van der Waals surface area contributed by atoms with Crippen LogP contribution in [0.2, 0.25) is 19.6 Å². The van der Waals surface area contributed by atoms with Gasteiger partial charge < -0.3 is 9.84 Å². The van der Waals surface area contributed by atoms with Crippen molar-refractivity contribution >= 4 is 19.2 Å². The van der Waals surface area contributed by atoms with Gasteiger partial charge in [0.05, 0.1) is 14.7 Å². The Labute approximate surface area is 117 Å². The first-order valence-corrected chi connectivity index (χ1v) is 9.79. The average Bonchev–Trinajstić information content (AvgIpc) is 2.37. The summed E-state index contributed by atoms with van der Waals surface area (Å²) in [5, 5.41) is 10.6. The Balaban J connectivity index is 3.09. The zero-order valence-electron chi connectivity index (χ0n) is 12.0. The van der Waals surface area contributed by atoms with Gasteiger partial charge >= 0.3 is 11.9 Å². The molecule has 1 rings (SSSR count).